The third-order valence-electron chi connectivity index (χ3n) is 6.29. The third kappa shape index (κ3) is 4.16. The first kappa shape index (κ1) is 22.5. The van der Waals surface area contributed by atoms with Crippen LogP contribution in [0, 0.1) is 16.7 Å². The molecule has 2 bridgehead atoms. The molecule has 2 aliphatic carbocycles. The number of carbonyl (C=O) groups excluding carboxylic acids is 2. The van der Waals surface area contributed by atoms with Crippen LogP contribution in [0.15, 0.2) is 35.1 Å². The first-order chi connectivity index (χ1) is 12.6. The topological polar surface area (TPSA) is 52.6 Å². The van der Waals surface area contributed by atoms with E-state index in [1.54, 1.807) is 13.2 Å². The Morgan fingerprint density at radius 1 is 1.22 bits per heavy atom. The summed E-state index contributed by atoms with van der Waals surface area (Å²) in [5.41, 5.74) is 1.19. The summed E-state index contributed by atoms with van der Waals surface area (Å²) in [6.07, 6.45) is 8.57. The molecular weight excluding hydrogens is 533 g/mol. The molecule has 0 radical (unpaired) electrons. The molecule has 0 spiro atoms. The van der Waals surface area contributed by atoms with E-state index >= 15 is 0 Å². The number of ketones is 2. The van der Waals surface area contributed by atoms with Crippen molar-refractivity contribution in [2.75, 3.05) is 7.11 Å². The van der Waals surface area contributed by atoms with E-state index in [1.165, 1.54) is 5.57 Å². The van der Waals surface area contributed by atoms with E-state index < -0.39 is 16.7 Å². The molecular formula is C22H33O4Tl. The summed E-state index contributed by atoms with van der Waals surface area (Å²) in [6.45, 7) is 10.3. The first-order valence-corrected chi connectivity index (χ1v) is 12.9. The van der Waals surface area contributed by atoms with Gasteiger partial charge in [0.25, 0.3) is 0 Å². The molecule has 0 N–H and O–H groups in total. The van der Waals surface area contributed by atoms with Gasteiger partial charge in [0.05, 0.1) is 0 Å². The molecule has 2 rings (SSSR count). The fourth-order valence-electron chi connectivity index (χ4n) is 4.69. The van der Waals surface area contributed by atoms with Crippen LogP contribution < -0.4 is 0 Å². The van der Waals surface area contributed by atoms with Crippen LogP contribution >= 0.6 is 0 Å². The summed E-state index contributed by atoms with van der Waals surface area (Å²) in [7, 11) is 1.56. The van der Waals surface area contributed by atoms with Crippen LogP contribution in [0.2, 0.25) is 0 Å². The molecule has 1 fully saturated rings. The Bertz CT molecular complexity index is 697. The second kappa shape index (κ2) is 8.72. The number of hydrogen-bond acceptors (Lipinski definition) is 4. The molecule has 0 aromatic carbocycles. The molecule has 0 amide bonds. The molecule has 4 unspecified atom stereocenters. The van der Waals surface area contributed by atoms with Crippen molar-refractivity contribution in [3.8, 4) is 0 Å². The number of methoxy groups -OCH3 is 1. The maximum absolute atomic E-state index is 13.7. The van der Waals surface area contributed by atoms with Gasteiger partial charge in [-0.15, -0.1) is 0 Å². The average Bonchev–Trinajstić information content (AvgIpc) is 2.58. The maximum atomic E-state index is 13.7. The summed E-state index contributed by atoms with van der Waals surface area (Å²) in [4.78, 5) is 26.7. The SMILES string of the molecule is COC1=CC(=O)C2C(=O)C1(CC=C(C)C)CC([O][TlH2])C2(C)CCC=C(C)C. The normalized spacial score (nSPS) is 32.6. The van der Waals surface area contributed by atoms with Gasteiger partial charge in [-0.25, -0.2) is 0 Å². The van der Waals surface area contributed by atoms with Crippen LogP contribution in [0.5, 0.6) is 0 Å². The fraction of sp³-hybridized carbons (Fsp3) is 0.636. The second-order valence-electron chi connectivity index (χ2n) is 8.73. The first-order valence-electron chi connectivity index (χ1n) is 9.76. The molecule has 2 aliphatic rings. The molecule has 0 aromatic heterocycles. The van der Waals surface area contributed by atoms with E-state index in [4.69, 9.17) is 7.42 Å². The Balaban J connectivity index is 2.54. The summed E-state index contributed by atoms with van der Waals surface area (Å²) in [5, 5.41) is 0. The predicted octanol–water partition coefficient (Wildman–Crippen LogP) is 3.72. The van der Waals surface area contributed by atoms with Gasteiger partial charge < -0.3 is 0 Å². The number of fused-ring (bicyclic) bond motifs is 2. The van der Waals surface area contributed by atoms with Gasteiger partial charge in [0.2, 0.25) is 0 Å². The fourth-order valence-corrected chi connectivity index (χ4v) is 7.43. The third-order valence-corrected chi connectivity index (χ3v) is 8.50. The van der Waals surface area contributed by atoms with Crippen molar-refractivity contribution in [2.24, 2.45) is 16.7 Å². The van der Waals surface area contributed by atoms with Gasteiger partial charge in [-0.05, 0) is 0 Å². The molecule has 0 heterocycles. The zero-order valence-corrected chi connectivity index (χ0v) is 25.6. The van der Waals surface area contributed by atoms with E-state index in [-0.39, 0.29) is 43.9 Å². The molecule has 4 atom stereocenters. The number of Topliss-reactive ketones (excluding diaryl/α,β-unsaturated/α-hetero) is 1. The summed E-state index contributed by atoms with van der Waals surface area (Å²) >= 11 is -0.0959. The van der Waals surface area contributed by atoms with Crippen molar-refractivity contribution < 1.29 is 17.0 Å². The zero-order chi connectivity index (χ0) is 20.4. The standard InChI is InChI=1S/C22H31O4.Tl.2H/c1-14(2)8-7-10-21(5)17(24)13-22(11-9-15(3)4)18(26-6)12-16(23)19(21)20(22)25;;;/h8-9,12,17,19H,7,10-11,13H2,1-6H3;;;/q-1;+1;;. The van der Waals surface area contributed by atoms with E-state index in [0.717, 1.165) is 18.4 Å². The van der Waals surface area contributed by atoms with Crippen molar-refractivity contribution in [3.05, 3.63) is 35.1 Å². The van der Waals surface area contributed by atoms with Crippen molar-refractivity contribution in [2.45, 2.75) is 66.4 Å². The molecule has 5 heteroatoms. The number of ether oxygens (including phenoxy) is 1. The van der Waals surface area contributed by atoms with E-state index in [2.05, 4.69) is 32.9 Å². The molecule has 148 valence electrons. The monoisotopic (exact) mass is 566 g/mol. The van der Waals surface area contributed by atoms with Crippen molar-refractivity contribution in [3.63, 3.8) is 0 Å². The molecule has 1 saturated carbocycles. The van der Waals surface area contributed by atoms with Crippen molar-refractivity contribution >= 4 is 37.8 Å². The molecule has 0 aliphatic heterocycles. The van der Waals surface area contributed by atoms with Crippen LogP contribution in [0.25, 0.3) is 0 Å². The molecule has 4 nitrogen and oxygen atoms in total. The summed E-state index contributed by atoms with van der Waals surface area (Å²) in [6, 6.07) is 0. The number of hydrogen-bond donors (Lipinski definition) is 0. The summed E-state index contributed by atoms with van der Waals surface area (Å²) in [5.74, 6) is -0.229. The van der Waals surface area contributed by atoms with Gasteiger partial charge in [0.1, 0.15) is 0 Å². The van der Waals surface area contributed by atoms with Gasteiger partial charge in [0, 0.05) is 0 Å². The van der Waals surface area contributed by atoms with Crippen molar-refractivity contribution in [1.82, 2.24) is 0 Å². The average molecular weight is 566 g/mol. The molecule has 27 heavy (non-hydrogen) atoms. The Hall–Kier alpha value is -0.758. The second-order valence-corrected chi connectivity index (χ2v) is 10.6. The Kier molecular flexibility index (Phi) is 7.28. The Morgan fingerprint density at radius 3 is 2.37 bits per heavy atom. The van der Waals surface area contributed by atoms with E-state index in [1.807, 2.05) is 13.8 Å². The van der Waals surface area contributed by atoms with Crippen LogP contribution in [-0.4, -0.2) is 51.0 Å². The van der Waals surface area contributed by atoms with Crippen LogP contribution in [0.4, 0.5) is 0 Å². The van der Waals surface area contributed by atoms with Crippen LogP contribution in [-0.2, 0) is 17.0 Å². The Labute approximate surface area is 179 Å². The van der Waals surface area contributed by atoms with E-state index in [9.17, 15) is 9.59 Å². The predicted molar refractivity (Wildman–Crippen MR) is 110 cm³/mol. The minimum absolute atomic E-state index is 0.0222. The van der Waals surface area contributed by atoms with E-state index in [0.29, 0.717) is 18.6 Å². The van der Waals surface area contributed by atoms with Gasteiger partial charge in [-0.1, -0.05) is 0 Å². The van der Waals surface area contributed by atoms with Crippen molar-refractivity contribution in [1.29, 1.82) is 0 Å². The number of rotatable bonds is 7. The Morgan fingerprint density at radius 2 is 1.85 bits per heavy atom. The minimum atomic E-state index is -0.769. The van der Waals surface area contributed by atoms with Crippen LogP contribution in [0.1, 0.15) is 60.3 Å². The van der Waals surface area contributed by atoms with Crippen LogP contribution in [0.3, 0.4) is 0 Å². The number of allylic oxidation sites excluding steroid dienone is 6. The molecule has 0 aromatic rings. The van der Waals surface area contributed by atoms with Gasteiger partial charge in [-0.2, -0.15) is 0 Å². The van der Waals surface area contributed by atoms with Gasteiger partial charge in [-0.3, -0.25) is 0 Å². The van der Waals surface area contributed by atoms with Gasteiger partial charge >= 0.3 is 180 Å². The zero-order valence-electron chi connectivity index (χ0n) is 17.8. The summed E-state index contributed by atoms with van der Waals surface area (Å²) < 4.78 is 11.7. The molecule has 0 saturated heterocycles. The number of carbonyl (C=O) groups is 2. The quantitative estimate of drug-likeness (QED) is 0.268. The van der Waals surface area contributed by atoms with Gasteiger partial charge in [0.15, 0.2) is 0 Å².